The van der Waals surface area contributed by atoms with E-state index in [9.17, 15) is 19.5 Å². The Morgan fingerprint density at radius 3 is 2.56 bits per heavy atom. The van der Waals surface area contributed by atoms with Gasteiger partial charge in [-0.25, -0.2) is 4.79 Å². The van der Waals surface area contributed by atoms with E-state index in [0.717, 1.165) is 19.3 Å². The smallest absolute Gasteiger partial charge is 0.332 e. The molecule has 3 aliphatic carbocycles. The lowest BCUT2D eigenvalue weighted by Gasteiger charge is -2.60. The number of allylic oxidation sites excluding steroid dienone is 1. The van der Waals surface area contributed by atoms with Crippen LogP contribution in [0, 0.1) is 34.0 Å². The zero-order valence-electron chi connectivity index (χ0n) is 16.9. The molecule has 0 heterocycles. The molecule has 150 valence electrons. The van der Waals surface area contributed by atoms with Crippen molar-refractivity contribution in [2.45, 2.75) is 65.9 Å². The van der Waals surface area contributed by atoms with Crippen LogP contribution in [0.5, 0.6) is 0 Å². The van der Waals surface area contributed by atoms with Crippen LogP contribution in [-0.4, -0.2) is 35.4 Å². The normalized spacial score (nSPS) is 47.0. The first-order valence-corrected chi connectivity index (χ1v) is 10.1. The number of hydrogen-bond donors (Lipinski definition) is 1. The van der Waals surface area contributed by atoms with E-state index in [1.54, 1.807) is 6.08 Å². The van der Waals surface area contributed by atoms with Gasteiger partial charge in [-0.05, 0) is 37.5 Å². The lowest BCUT2D eigenvalue weighted by Crippen LogP contribution is -2.62. The molecule has 0 amide bonds. The highest BCUT2D eigenvalue weighted by atomic mass is 16.6. The van der Waals surface area contributed by atoms with Crippen molar-refractivity contribution in [3.05, 3.63) is 12.7 Å². The van der Waals surface area contributed by atoms with Crippen molar-refractivity contribution >= 4 is 17.5 Å². The Morgan fingerprint density at radius 1 is 1.30 bits per heavy atom. The highest BCUT2D eigenvalue weighted by Gasteiger charge is 2.68. The number of esters is 1. The zero-order chi connectivity index (χ0) is 20.2. The van der Waals surface area contributed by atoms with Crippen LogP contribution in [0.15, 0.2) is 12.7 Å². The van der Waals surface area contributed by atoms with Crippen LogP contribution in [0.4, 0.5) is 0 Å². The molecule has 0 aromatic carbocycles. The van der Waals surface area contributed by atoms with Crippen molar-refractivity contribution in [1.29, 1.82) is 0 Å². The second kappa shape index (κ2) is 6.54. The molecule has 3 saturated carbocycles. The Kier molecular flexibility index (Phi) is 4.91. The van der Waals surface area contributed by atoms with Gasteiger partial charge in [0.25, 0.3) is 0 Å². The maximum absolute atomic E-state index is 13.5. The molecule has 0 radical (unpaired) electrons. The minimum absolute atomic E-state index is 0.0823. The molecule has 0 unspecified atom stereocenters. The monoisotopic (exact) mass is 376 g/mol. The van der Waals surface area contributed by atoms with Crippen LogP contribution in [0.3, 0.4) is 0 Å². The fraction of sp³-hybridized carbons (Fsp3) is 0.773. The largest absolute Gasteiger partial charge is 0.460 e. The first kappa shape index (κ1) is 20.2. The van der Waals surface area contributed by atoms with Gasteiger partial charge in [0.15, 0.2) is 0 Å². The van der Waals surface area contributed by atoms with Crippen molar-refractivity contribution in [2.75, 3.05) is 6.61 Å². The molecule has 1 N–H and O–H groups in total. The van der Waals surface area contributed by atoms with Gasteiger partial charge in [0.2, 0.25) is 0 Å². The summed E-state index contributed by atoms with van der Waals surface area (Å²) in [4.78, 5) is 38.6. The molecular formula is C22H32O5. The summed E-state index contributed by atoms with van der Waals surface area (Å²) >= 11 is 0. The van der Waals surface area contributed by atoms with E-state index in [1.807, 2.05) is 13.8 Å². The number of hydrogen-bond acceptors (Lipinski definition) is 5. The van der Waals surface area contributed by atoms with Crippen molar-refractivity contribution in [3.63, 3.8) is 0 Å². The van der Waals surface area contributed by atoms with Gasteiger partial charge >= 0.3 is 5.97 Å². The van der Waals surface area contributed by atoms with Gasteiger partial charge in [-0.15, -0.1) is 6.58 Å². The number of ketones is 2. The predicted molar refractivity (Wildman–Crippen MR) is 101 cm³/mol. The number of carbonyl (C=O) groups excluding carboxylic acids is 3. The van der Waals surface area contributed by atoms with Crippen molar-refractivity contribution < 1.29 is 24.2 Å². The highest BCUT2D eigenvalue weighted by molar-refractivity contribution is 5.93. The van der Waals surface area contributed by atoms with Crippen molar-refractivity contribution in [3.8, 4) is 0 Å². The Hall–Kier alpha value is -1.49. The van der Waals surface area contributed by atoms with Crippen LogP contribution < -0.4 is 0 Å². The molecule has 3 rings (SSSR count). The number of carbonyl (C=O) groups is 3. The summed E-state index contributed by atoms with van der Waals surface area (Å²) in [5.74, 6) is -0.794. The molecule has 0 aromatic heterocycles. The maximum atomic E-state index is 13.5. The van der Waals surface area contributed by atoms with E-state index < -0.39 is 29.5 Å². The number of rotatable bonds is 3. The molecule has 0 spiro atoms. The van der Waals surface area contributed by atoms with Gasteiger partial charge in [-0.1, -0.05) is 26.8 Å². The average molecular weight is 376 g/mol. The van der Waals surface area contributed by atoms with Crippen LogP contribution in [-0.2, 0) is 19.1 Å². The molecule has 0 aromatic rings. The van der Waals surface area contributed by atoms with Crippen molar-refractivity contribution in [2.24, 2.45) is 34.0 Å². The van der Waals surface area contributed by atoms with Crippen molar-refractivity contribution in [1.82, 2.24) is 0 Å². The molecule has 5 heteroatoms. The number of aliphatic hydroxyl groups is 1. The van der Waals surface area contributed by atoms with Gasteiger partial charge in [0.1, 0.15) is 24.3 Å². The number of Topliss-reactive ketones (excluding diaryl/α,β-unsaturated/α-hetero) is 2. The molecule has 3 aliphatic rings. The second-order valence-corrected chi connectivity index (χ2v) is 9.49. The molecule has 0 saturated heterocycles. The summed E-state index contributed by atoms with van der Waals surface area (Å²) in [6, 6.07) is 0. The highest BCUT2D eigenvalue weighted by Crippen LogP contribution is 2.67. The molecular weight excluding hydrogens is 344 g/mol. The summed E-state index contributed by atoms with van der Waals surface area (Å²) in [5, 5.41) is 9.26. The number of aliphatic hydroxyl groups excluding tert-OH is 1. The molecule has 7 atom stereocenters. The fourth-order valence-corrected chi connectivity index (χ4v) is 6.48. The lowest BCUT2D eigenvalue weighted by atomic mass is 9.44. The SMILES string of the molecule is C=C[C@]1(C)C[C@@H](OC(=O)CO)[C@@]2(C)[C@@H]3C(=O)CC[C@@]3(CC[C@@H]2C)[C@@H](C)C1=O. The first-order chi connectivity index (χ1) is 12.6. The quantitative estimate of drug-likeness (QED) is 0.605. The van der Waals surface area contributed by atoms with E-state index in [-0.39, 0.29) is 34.7 Å². The molecule has 0 aliphatic heterocycles. The Labute approximate surface area is 161 Å². The van der Waals surface area contributed by atoms with E-state index in [2.05, 4.69) is 20.4 Å². The van der Waals surface area contributed by atoms with Crippen LogP contribution in [0.1, 0.15) is 59.8 Å². The average Bonchev–Trinajstić information content (AvgIpc) is 3.00. The van der Waals surface area contributed by atoms with Gasteiger partial charge < -0.3 is 9.84 Å². The Bertz CT molecular complexity index is 684. The molecule has 3 fully saturated rings. The molecule has 5 nitrogen and oxygen atoms in total. The molecule has 27 heavy (non-hydrogen) atoms. The third-order valence-corrected chi connectivity index (χ3v) is 8.44. The zero-order valence-corrected chi connectivity index (χ0v) is 16.9. The van der Waals surface area contributed by atoms with E-state index in [1.165, 1.54) is 0 Å². The third kappa shape index (κ3) is 2.65. The minimum atomic E-state index is -0.832. The topological polar surface area (TPSA) is 80.7 Å². The summed E-state index contributed by atoms with van der Waals surface area (Å²) < 4.78 is 5.73. The van der Waals surface area contributed by atoms with E-state index in [0.29, 0.717) is 12.8 Å². The van der Waals surface area contributed by atoms with E-state index in [4.69, 9.17) is 4.74 Å². The number of ether oxygens (including phenoxy) is 1. The van der Waals surface area contributed by atoms with Crippen LogP contribution in [0.2, 0.25) is 0 Å². The lowest BCUT2D eigenvalue weighted by molar-refractivity contribution is -0.194. The Balaban J connectivity index is 2.22. The summed E-state index contributed by atoms with van der Waals surface area (Å²) in [6.07, 6.45) is 4.31. The maximum Gasteiger partial charge on any atom is 0.332 e. The van der Waals surface area contributed by atoms with Crippen LogP contribution >= 0.6 is 0 Å². The second-order valence-electron chi connectivity index (χ2n) is 9.49. The van der Waals surface area contributed by atoms with Gasteiger partial charge in [-0.3, -0.25) is 9.59 Å². The first-order valence-electron chi connectivity index (χ1n) is 10.1. The third-order valence-electron chi connectivity index (χ3n) is 8.44. The fourth-order valence-electron chi connectivity index (χ4n) is 6.48. The summed E-state index contributed by atoms with van der Waals surface area (Å²) in [5.41, 5.74) is -1.76. The minimum Gasteiger partial charge on any atom is -0.460 e. The van der Waals surface area contributed by atoms with Gasteiger partial charge in [-0.2, -0.15) is 0 Å². The van der Waals surface area contributed by atoms with E-state index >= 15 is 0 Å². The predicted octanol–water partition coefficient (Wildman–Crippen LogP) is 3.09. The standard InChI is InChI=1S/C22H32O5/c1-6-20(4)11-16(27-17(25)12-23)21(5)13(2)7-9-22(14(3)19(20)26)10-8-15(24)18(21)22/h6,13-14,16,18,23H,1,7-12H2,2-5H3/t13-,14-,16+,18-,20+,21-,22-/m0/s1. The Morgan fingerprint density at radius 2 is 1.96 bits per heavy atom. The molecule has 2 bridgehead atoms. The van der Waals surface area contributed by atoms with Crippen LogP contribution in [0.25, 0.3) is 0 Å². The summed E-state index contributed by atoms with van der Waals surface area (Å²) in [6.45, 7) is 11.2. The van der Waals surface area contributed by atoms with Gasteiger partial charge in [0, 0.05) is 35.5 Å². The summed E-state index contributed by atoms with van der Waals surface area (Å²) in [7, 11) is 0. The van der Waals surface area contributed by atoms with Gasteiger partial charge in [0.05, 0.1) is 0 Å².